The molecule has 0 aliphatic rings. The van der Waals surface area contributed by atoms with Crippen molar-refractivity contribution < 1.29 is 13.6 Å². The summed E-state index contributed by atoms with van der Waals surface area (Å²) >= 11 is 0. The number of carbonyl (C=O) groups excluding carboxylic acids is 1. The van der Waals surface area contributed by atoms with Crippen LogP contribution in [0.1, 0.15) is 11.1 Å². The first kappa shape index (κ1) is 19.4. The van der Waals surface area contributed by atoms with E-state index in [-0.39, 0.29) is 11.2 Å². The first-order valence-electron chi connectivity index (χ1n) is 9.09. The summed E-state index contributed by atoms with van der Waals surface area (Å²) in [6.45, 7) is 3.50. The Morgan fingerprint density at radius 3 is 2.53 bits per heavy atom. The van der Waals surface area contributed by atoms with Crippen LogP contribution in [0.5, 0.6) is 0 Å². The molecule has 9 heteroatoms. The Bertz CT molecular complexity index is 1320. The zero-order chi connectivity index (χ0) is 21.4. The van der Waals surface area contributed by atoms with E-state index < -0.39 is 29.6 Å². The third-order valence-electron chi connectivity index (χ3n) is 4.60. The molecule has 4 rings (SSSR count). The Morgan fingerprint density at radius 2 is 1.80 bits per heavy atom. The smallest absolute Gasteiger partial charge is 0.293 e. The average molecular weight is 409 g/mol. The van der Waals surface area contributed by atoms with E-state index in [9.17, 15) is 18.4 Å². The van der Waals surface area contributed by atoms with Crippen LogP contribution in [0, 0.1) is 25.5 Å². The molecule has 0 saturated carbocycles. The number of nitrogens with one attached hydrogen (secondary N) is 1. The molecule has 1 N–H and O–H groups in total. The van der Waals surface area contributed by atoms with Crippen LogP contribution in [-0.2, 0) is 11.3 Å². The van der Waals surface area contributed by atoms with Gasteiger partial charge in [0.15, 0.2) is 0 Å². The van der Waals surface area contributed by atoms with Crippen LogP contribution in [0.3, 0.4) is 0 Å². The molecule has 0 saturated heterocycles. The zero-order valence-corrected chi connectivity index (χ0v) is 16.2. The van der Waals surface area contributed by atoms with E-state index in [1.165, 1.54) is 10.8 Å². The van der Waals surface area contributed by atoms with Crippen molar-refractivity contribution in [2.75, 3.05) is 5.32 Å². The minimum atomic E-state index is -0.819. The number of carbonyl (C=O) groups is 1. The molecule has 0 spiro atoms. The van der Waals surface area contributed by atoms with Gasteiger partial charge in [-0.15, -0.1) is 0 Å². The maximum Gasteiger partial charge on any atom is 0.293 e. The van der Waals surface area contributed by atoms with Crippen molar-refractivity contribution in [3.63, 3.8) is 0 Å². The summed E-state index contributed by atoms with van der Waals surface area (Å²) in [5.74, 6) is -2.28. The summed E-state index contributed by atoms with van der Waals surface area (Å²) in [6.07, 6.45) is 1.33. The van der Waals surface area contributed by atoms with E-state index in [4.69, 9.17) is 0 Å². The predicted molar refractivity (Wildman–Crippen MR) is 107 cm³/mol. The Morgan fingerprint density at radius 1 is 1.07 bits per heavy atom. The average Bonchev–Trinajstić information content (AvgIpc) is 3.10. The topological polar surface area (TPSA) is 81.3 Å². The summed E-state index contributed by atoms with van der Waals surface area (Å²) in [7, 11) is 0. The van der Waals surface area contributed by atoms with Gasteiger partial charge >= 0.3 is 0 Å². The lowest BCUT2D eigenvalue weighted by molar-refractivity contribution is -0.117. The van der Waals surface area contributed by atoms with Crippen LogP contribution in [0.2, 0.25) is 0 Å². The van der Waals surface area contributed by atoms with E-state index in [0.717, 1.165) is 33.5 Å². The maximum absolute atomic E-state index is 13.3. The van der Waals surface area contributed by atoms with Crippen LogP contribution in [0.25, 0.3) is 16.8 Å². The SMILES string of the molecule is Cc1ccc(C)c(-c2cc3c(=O)n(CC(=O)Nc4cc(F)cc(F)c4)ncn3n2)c1. The lowest BCUT2D eigenvalue weighted by Gasteiger charge is -2.07. The highest BCUT2D eigenvalue weighted by Crippen LogP contribution is 2.23. The fourth-order valence-electron chi connectivity index (χ4n) is 3.16. The van der Waals surface area contributed by atoms with Crippen molar-refractivity contribution in [3.05, 3.63) is 81.9 Å². The van der Waals surface area contributed by atoms with Crippen LogP contribution < -0.4 is 10.9 Å². The van der Waals surface area contributed by atoms with Crippen molar-refractivity contribution >= 4 is 17.1 Å². The van der Waals surface area contributed by atoms with Crippen molar-refractivity contribution in [1.29, 1.82) is 0 Å². The number of aryl methyl sites for hydroxylation is 2. The molecule has 0 unspecified atom stereocenters. The highest BCUT2D eigenvalue weighted by molar-refractivity contribution is 5.90. The molecule has 0 aliphatic heterocycles. The molecular formula is C21H17F2N5O2. The van der Waals surface area contributed by atoms with Crippen molar-refractivity contribution in [2.45, 2.75) is 20.4 Å². The molecule has 152 valence electrons. The minimum Gasteiger partial charge on any atom is -0.324 e. The normalized spacial score (nSPS) is 11.1. The first-order valence-corrected chi connectivity index (χ1v) is 9.09. The third-order valence-corrected chi connectivity index (χ3v) is 4.60. The molecule has 30 heavy (non-hydrogen) atoms. The lowest BCUT2D eigenvalue weighted by atomic mass is 10.0. The van der Waals surface area contributed by atoms with Gasteiger partial charge in [0.05, 0.1) is 5.69 Å². The van der Waals surface area contributed by atoms with E-state index in [0.29, 0.717) is 11.8 Å². The van der Waals surface area contributed by atoms with Gasteiger partial charge in [0.25, 0.3) is 5.56 Å². The van der Waals surface area contributed by atoms with Gasteiger partial charge in [-0.25, -0.2) is 18.0 Å². The Hall–Kier alpha value is -3.88. The second-order valence-electron chi connectivity index (χ2n) is 6.98. The van der Waals surface area contributed by atoms with Gasteiger partial charge in [0, 0.05) is 17.3 Å². The summed E-state index contributed by atoms with van der Waals surface area (Å²) < 4.78 is 28.9. The van der Waals surface area contributed by atoms with Crippen molar-refractivity contribution in [2.24, 2.45) is 0 Å². The van der Waals surface area contributed by atoms with Crippen LogP contribution in [0.15, 0.2) is 53.6 Å². The van der Waals surface area contributed by atoms with Crippen LogP contribution in [-0.4, -0.2) is 25.3 Å². The molecule has 0 radical (unpaired) electrons. The van der Waals surface area contributed by atoms with Crippen molar-refractivity contribution in [3.8, 4) is 11.3 Å². The molecule has 2 aromatic carbocycles. The fraction of sp³-hybridized carbons (Fsp3) is 0.143. The van der Waals surface area contributed by atoms with E-state index in [1.54, 1.807) is 6.07 Å². The second kappa shape index (κ2) is 7.51. The van der Waals surface area contributed by atoms with Gasteiger partial charge in [0.1, 0.15) is 30.0 Å². The molecule has 2 aromatic heterocycles. The second-order valence-corrected chi connectivity index (χ2v) is 6.98. The number of halogens is 2. The Kier molecular flexibility index (Phi) is 4.86. The molecule has 0 atom stereocenters. The molecule has 2 heterocycles. The first-order chi connectivity index (χ1) is 14.3. The quantitative estimate of drug-likeness (QED) is 0.562. The number of amides is 1. The summed E-state index contributed by atoms with van der Waals surface area (Å²) in [5.41, 5.74) is 3.29. The number of fused-ring (bicyclic) bond motifs is 1. The zero-order valence-electron chi connectivity index (χ0n) is 16.2. The summed E-state index contributed by atoms with van der Waals surface area (Å²) in [5, 5.41) is 10.7. The standard InChI is InChI=1S/C21H17F2N5O2/c1-12-3-4-13(2)17(5-12)18-9-19-21(30)27(24-11-28(19)26-18)10-20(29)25-16-7-14(22)6-15(23)8-16/h3-9,11H,10H2,1-2H3,(H,25,29). The number of aromatic nitrogens is 4. The molecule has 0 aliphatic carbocycles. The van der Waals surface area contributed by atoms with Gasteiger partial charge in [0.2, 0.25) is 5.91 Å². The number of nitrogens with zero attached hydrogens (tertiary/aromatic N) is 4. The number of benzene rings is 2. The van der Waals surface area contributed by atoms with Gasteiger partial charge in [-0.1, -0.05) is 17.7 Å². The molecule has 0 bridgehead atoms. The highest BCUT2D eigenvalue weighted by atomic mass is 19.1. The summed E-state index contributed by atoms with van der Waals surface area (Å²) in [4.78, 5) is 25.0. The molecule has 0 fully saturated rings. The predicted octanol–water partition coefficient (Wildman–Crippen LogP) is 3.09. The molecule has 1 amide bonds. The molecular weight excluding hydrogens is 392 g/mol. The fourth-order valence-corrected chi connectivity index (χ4v) is 3.16. The highest BCUT2D eigenvalue weighted by Gasteiger charge is 2.14. The Labute approximate surface area is 169 Å². The maximum atomic E-state index is 13.3. The van der Waals surface area contributed by atoms with Gasteiger partial charge in [-0.05, 0) is 43.7 Å². The van der Waals surface area contributed by atoms with E-state index in [1.807, 2.05) is 32.0 Å². The van der Waals surface area contributed by atoms with Crippen LogP contribution in [0.4, 0.5) is 14.5 Å². The van der Waals surface area contributed by atoms with E-state index >= 15 is 0 Å². The largest absolute Gasteiger partial charge is 0.324 e. The van der Waals surface area contributed by atoms with E-state index in [2.05, 4.69) is 15.5 Å². The van der Waals surface area contributed by atoms with Gasteiger partial charge < -0.3 is 5.32 Å². The van der Waals surface area contributed by atoms with Crippen molar-refractivity contribution in [1.82, 2.24) is 19.4 Å². The number of hydrogen-bond acceptors (Lipinski definition) is 4. The molecule has 4 aromatic rings. The van der Waals surface area contributed by atoms with Gasteiger partial charge in [-0.3, -0.25) is 9.59 Å². The number of anilines is 1. The summed E-state index contributed by atoms with van der Waals surface area (Å²) in [6, 6.07) is 10.2. The number of rotatable bonds is 4. The minimum absolute atomic E-state index is 0.0480. The van der Waals surface area contributed by atoms with Crippen LogP contribution >= 0.6 is 0 Å². The number of hydrogen-bond donors (Lipinski definition) is 1. The lowest BCUT2D eigenvalue weighted by Crippen LogP contribution is -2.30. The Balaban J connectivity index is 1.62. The van der Waals surface area contributed by atoms with Gasteiger partial charge in [-0.2, -0.15) is 10.2 Å². The molecule has 7 nitrogen and oxygen atoms in total. The monoisotopic (exact) mass is 409 g/mol. The third kappa shape index (κ3) is 3.82.